The van der Waals surface area contributed by atoms with Gasteiger partial charge in [-0.05, 0) is 59.8 Å². The van der Waals surface area contributed by atoms with E-state index in [2.05, 4.69) is 0 Å². The van der Waals surface area contributed by atoms with Crippen LogP contribution >= 0.6 is 0 Å². The van der Waals surface area contributed by atoms with E-state index in [1.165, 1.54) is 0 Å². The van der Waals surface area contributed by atoms with Crippen LogP contribution in [0.4, 0.5) is 0 Å². The Bertz CT molecular complexity index is 305. The first-order valence-electron chi connectivity index (χ1n) is 7.66. The molecule has 6 heteroatoms. The van der Waals surface area contributed by atoms with Crippen molar-refractivity contribution in [3.63, 3.8) is 0 Å². The second-order valence-electron chi connectivity index (χ2n) is 7.92. The summed E-state index contributed by atoms with van der Waals surface area (Å²) in [4.78, 5) is 31.8. The number of hydrogen-bond acceptors (Lipinski definition) is 5. The van der Waals surface area contributed by atoms with Crippen molar-refractivity contribution in [3.05, 3.63) is 0 Å². The largest absolute Gasteiger partial charge is 0.481 e. The summed E-state index contributed by atoms with van der Waals surface area (Å²) in [6, 6.07) is 0. The van der Waals surface area contributed by atoms with Gasteiger partial charge in [-0.3, -0.25) is 4.79 Å². The zero-order valence-electron chi connectivity index (χ0n) is 15.0. The second kappa shape index (κ2) is 8.82. The van der Waals surface area contributed by atoms with E-state index in [4.69, 9.17) is 24.7 Å². The molecule has 132 valence electrons. The van der Waals surface area contributed by atoms with E-state index in [9.17, 15) is 4.79 Å². The van der Waals surface area contributed by atoms with Gasteiger partial charge in [0.2, 0.25) is 0 Å². The molecule has 0 rings (SSSR count). The van der Waals surface area contributed by atoms with Gasteiger partial charge in [-0.15, -0.1) is 0 Å². The third-order valence-corrected chi connectivity index (χ3v) is 2.77. The smallest absolute Gasteiger partial charge is 0.303 e. The Morgan fingerprint density at radius 2 is 1.18 bits per heavy atom. The van der Waals surface area contributed by atoms with Gasteiger partial charge < -0.3 is 5.11 Å². The maximum absolute atomic E-state index is 11.1. The predicted molar refractivity (Wildman–Crippen MR) is 83.2 cm³/mol. The van der Waals surface area contributed by atoms with Crippen molar-refractivity contribution in [1.29, 1.82) is 0 Å². The van der Waals surface area contributed by atoms with Gasteiger partial charge in [-0.25, -0.2) is 19.6 Å². The molecule has 0 bridgehead atoms. The third kappa shape index (κ3) is 13.0. The van der Waals surface area contributed by atoms with E-state index < -0.39 is 11.4 Å². The molecule has 0 atom stereocenters. The SMILES string of the molecule is CC(CCOOC(C)(C)C)(CCOOC(C)(C)C)CC(=O)O. The molecule has 22 heavy (non-hydrogen) atoms. The summed E-state index contributed by atoms with van der Waals surface area (Å²) >= 11 is 0. The molecule has 0 saturated heterocycles. The van der Waals surface area contributed by atoms with Crippen molar-refractivity contribution in [2.75, 3.05) is 13.2 Å². The lowest BCUT2D eigenvalue weighted by Crippen LogP contribution is -2.27. The van der Waals surface area contributed by atoms with Crippen LogP contribution in [0.2, 0.25) is 0 Å². The highest BCUT2D eigenvalue weighted by Gasteiger charge is 2.28. The highest BCUT2D eigenvalue weighted by atomic mass is 17.2. The van der Waals surface area contributed by atoms with E-state index in [0.29, 0.717) is 26.1 Å². The zero-order chi connectivity index (χ0) is 17.4. The van der Waals surface area contributed by atoms with Crippen LogP contribution in [0.1, 0.15) is 67.7 Å². The summed E-state index contributed by atoms with van der Waals surface area (Å²) < 4.78 is 0. The van der Waals surface area contributed by atoms with Gasteiger partial charge in [-0.1, -0.05) is 6.92 Å². The Labute approximate surface area is 133 Å². The minimum Gasteiger partial charge on any atom is -0.481 e. The highest BCUT2D eigenvalue weighted by Crippen LogP contribution is 2.31. The molecule has 0 amide bonds. The molecule has 0 aromatic carbocycles. The van der Waals surface area contributed by atoms with E-state index in [-0.39, 0.29) is 17.6 Å². The molecule has 0 aromatic heterocycles. The van der Waals surface area contributed by atoms with Crippen LogP contribution in [0.3, 0.4) is 0 Å². The molecule has 0 aliphatic heterocycles. The van der Waals surface area contributed by atoms with Gasteiger partial charge >= 0.3 is 5.97 Å². The predicted octanol–water partition coefficient (Wildman–Crippen LogP) is 3.74. The summed E-state index contributed by atoms with van der Waals surface area (Å²) in [6.45, 7) is 13.9. The van der Waals surface area contributed by atoms with Crippen molar-refractivity contribution in [2.24, 2.45) is 5.41 Å². The lowest BCUT2D eigenvalue weighted by molar-refractivity contribution is -0.355. The number of carboxylic acid groups (broad SMARTS) is 1. The lowest BCUT2D eigenvalue weighted by atomic mass is 9.81. The number of rotatable bonds is 10. The van der Waals surface area contributed by atoms with Gasteiger partial charge in [0.25, 0.3) is 0 Å². The molecular weight excluding hydrogens is 288 g/mol. The average Bonchev–Trinajstić information content (AvgIpc) is 2.27. The van der Waals surface area contributed by atoms with E-state index in [1.807, 2.05) is 48.5 Å². The molecule has 0 aliphatic rings. The van der Waals surface area contributed by atoms with Crippen LogP contribution < -0.4 is 0 Å². The van der Waals surface area contributed by atoms with E-state index in [1.54, 1.807) is 0 Å². The van der Waals surface area contributed by atoms with Crippen LogP contribution in [0.15, 0.2) is 0 Å². The Balaban J connectivity index is 4.25. The number of aliphatic carboxylic acids is 1. The number of carbonyl (C=O) groups is 1. The first-order valence-corrected chi connectivity index (χ1v) is 7.66. The average molecular weight is 320 g/mol. The van der Waals surface area contributed by atoms with E-state index in [0.717, 1.165) is 0 Å². The molecule has 0 fully saturated rings. The number of hydrogen-bond donors (Lipinski definition) is 1. The Kier molecular flexibility index (Phi) is 8.54. The van der Waals surface area contributed by atoms with Gasteiger partial charge in [-0.2, -0.15) is 0 Å². The minimum absolute atomic E-state index is 0.0464. The maximum Gasteiger partial charge on any atom is 0.303 e. The molecule has 6 nitrogen and oxygen atoms in total. The standard InChI is InChI=1S/C16H32O6/c1-14(2,3)21-19-10-8-16(7,12-13(17)18)9-11-20-22-15(4,5)6/h8-12H2,1-7H3,(H,17,18). The third-order valence-electron chi connectivity index (χ3n) is 2.77. The lowest BCUT2D eigenvalue weighted by Gasteiger charge is -2.28. The molecular formula is C16H32O6. The van der Waals surface area contributed by atoms with Crippen molar-refractivity contribution >= 4 is 5.97 Å². The van der Waals surface area contributed by atoms with Gasteiger partial charge in [0.1, 0.15) is 0 Å². The molecule has 0 heterocycles. The summed E-state index contributed by atoms with van der Waals surface area (Å²) in [7, 11) is 0. The first kappa shape index (κ1) is 21.3. The molecule has 0 radical (unpaired) electrons. The molecule has 0 aromatic rings. The van der Waals surface area contributed by atoms with Crippen molar-refractivity contribution in [3.8, 4) is 0 Å². The topological polar surface area (TPSA) is 74.2 Å². The summed E-state index contributed by atoms with van der Waals surface area (Å²) in [5.74, 6) is -0.837. The Morgan fingerprint density at radius 1 is 0.818 bits per heavy atom. The van der Waals surface area contributed by atoms with Crippen LogP contribution in [0.5, 0.6) is 0 Å². The molecule has 0 unspecified atom stereocenters. The van der Waals surface area contributed by atoms with Crippen LogP contribution in [0, 0.1) is 5.41 Å². The molecule has 1 N–H and O–H groups in total. The van der Waals surface area contributed by atoms with Crippen LogP contribution in [-0.4, -0.2) is 35.5 Å². The summed E-state index contributed by atoms with van der Waals surface area (Å²) in [6.07, 6.45) is 1.17. The summed E-state index contributed by atoms with van der Waals surface area (Å²) in [5, 5.41) is 9.08. The summed E-state index contributed by atoms with van der Waals surface area (Å²) in [5.41, 5.74) is -1.20. The second-order valence-corrected chi connectivity index (χ2v) is 7.92. The van der Waals surface area contributed by atoms with Crippen molar-refractivity contribution in [1.82, 2.24) is 0 Å². The first-order chi connectivity index (χ1) is 9.83. The van der Waals surface area contributed by atoms with E-state index >= 15 is 0 Å². The van der Waals surface area contributed by atoms with Crippen LogP contribution in [-0.2, 0) is 24.3 Å². The van der Waals surface area contributed by atoms with Gasteiger partial charge in [0, 0.05) is 0 Å². The minimum atomic E-state index is -0.837. The maximum atomic E-state index is 11.1. The fourth-order valence-electron chi connectivity index (χ4n) is 1.68. The Hall–Kier alpha value is -0.690. The van der Waals surface area contributed by atoms with Gasteiger partial charge in [0.05, 0.1) is 30.8 Å². The number of carboxylic acids is 1. The zero-order valence-corrected chi connectivity index (χ0v) is 15.0. The van der Waals surface area contributed by atoms with Gasteiger partial charge in [0.15, 0.2) is 0 Å². The van der Waals surface area contributed by atoms with Crippen molar-refractivity contribution < 1.29 is 29.5 Å². The van der Waals surface area contributed by atoms with Crippen LogP contribution in [0.25, 0.3) is 0 Å². The molecule has 0 aliphatic carbocycles. The van der Waals surface area contributed by atoms with Crippen molar-refractivity contribution in [2.45, 2.75) is 78.9 Å². The molecule has 0 spiro atoms. The normalized spacial score (nSPS) is 13.4. The Morgan fingerprint density at radius 3 is 1.45 bits per heavy atom. The fourth-order valence-corrected chi connectivity index (χ4v) is 1.68. The molecule has 0 saturated carbocycles. The fraction of sp³-hybridized carbons (Fsp3) is 0.938. The quantitative estimate of drug-likeness (QED) is 0.375. The monoisotopic (exact) mass is 320 g/mol. The highest BCUT2D eigenvalue weighted by molar-refractivity contribution is 5.67.